The molecule has 0 bridgehead atoms. The zero-order valence-corrected chi connectivity index (χ0v) is 20.3. The van der Waals surface area contributed by atoms with E-state index in [0.717, 1.165) is 51.7 Å². The van der Waals surface area contributed by atoms with Crippen molar-refractivity contribution in [2.75, 3.05) is 13.1 Å². The molecule has 0 radical (unpaired) electrons. The number of hydrogen-bond donors (Lipinski definition) is 2. The molecule has 0 spiro atoms. The number of nitrogens with zero attached hydrogens (tertiary/aromatic N) is 1. The van der Waals surface area contributed by atoms with E-state index < -0.39 is 0 Å². The highest BCUT2D eigenvalue weighted by Gasteiger charge is 2.29. The fourth-order valence-electron chi connectivity index (χ4n) is 6.12. The fourth-order valence-corrected chi connectivity index (χ4v) is 6.12. The third-order valence-corrected chi connectivity index (χ3v) is 8.15. The van der Waals surface area contributed by atoms with Crippen LogP contribution >= 0.6 is 0 Å². The third-order valence-electron chi connectivity index (χ3n) is 8.15. The molecule has 33 heavy (non-hydrogen) atoms. The highest BCUT2D eigenvalue weighted by molar-refractivity contribution is 5.79. The molecular formula is C28H43N3O2. The van der Waals surface area contributed by atoms with Crippen LogP contribution in [0.3, 0.4) is 0 Å². The summed E-state index contributed by atoms with van der Waals surface area (Å²) in [6, 6.07) is 11.3. The van der Waals surface area contributed by atoms with Crippen molar-refractivity contribution in [2.45, 2.75) is 102 Å². The molecule has 1 aromatic carbocycles. The molecule has 1 unspecified atom stereocenters. The van der Waals surface area contributed by atoms with Crippen LogP contribution in [0.5, 0.6) is 0 Å². The van der Waals surface area contributed by atoms with E-state index in [4.69, 9.17) is 0 Å². The van der Waals surface area contributed by atoms with E-state index >= 15 is 0 Å². The molecule has 0 aromatic heterocycles. The number of piperidine rings is 1. The predicted octanol–water partition coefficient (Wildman–Crippen LogP) is 4.80. The van der Waals surface area contributed by atoms with E-state index in [1.165, 1.54) is 50.5 Å². The molecule has 1 heterocycles. The minimum atomic E-state index is 0.0997. The number of carbonyl (C=O) groups is 2. The Labute approximate surface area is 200 Å². The number of nitrogens with one attached hydrogen (secondary N) is 2. The first-order valence-electron chi connectivity index (χ1n) is 13.5. The first kappa shape index (κ1) is 24.3. The van der Waals surface area contributed by atoms with Gasteiger partial charge in [0, 0.05) is 37.5 Å². The van der Waals surface area contributed by atoms with Gasteiger partial charge >= 0.3 is 0 Å². The van der Waals surface area contributed by atoms with E-state index in [1.807, 2.05) is 0 Å². The van der Waals surface area contributed by atoms with E-state index in [0.29, 0.717) is 18.4 Å². The van der Waals surface area contributed by atoms with Gasteiger partial charge in [-0.15, -0.1) is 0 Å². The molecule has 5 nitrogen and oxygen atoms in total. The molecule has 2 amide bonds. The molecule has 2 saturated carbocycles. The lowest BCUT2D eigenvalue weighted by Gasteiger charge is -2.36. The van der Waals surface area contributed by atoms with Crippen molar-refractivity contribution in [3.8, 4) is 0 Å². The molecule has 5 heteroatoms. The number of hydrogen-bond acceptors (Lipinski definition) is 3. The molecule has 4 rings (SSSR count). The lowest BCUT2D eigenvalue weighted by atomic mass is 9.84. The van der Waals surface area contributed by atoms with Crippen LogP contribution in [0.1, 0.15) is 89.0 Å². The summed E-state index contributed by atoms with van der Waals surface area (Å²) in [6.07, 6.45) is 14.3. The van der Waals surface area contributed by atoms with Gasteiger partial charge in [0.1, 0.15) is 0 Å². The maximum absolute atomic E-state index is 12.9. The van der Waals surface area contributed by atoms with Gasteiger partial charge in [0.05, 0.1) is 0 Å². The van der Waals surface area contributed by atoms with Crippen molar-refractivity contribution in [1.29, 1.82) is 0 Å². The van der Waals surface area contributed by atoms with E-state index in [-0.39, 0.29) is 23.8 Å². The second kappa shape index (κ2) is 12.5. The fraction of sp³-hybridized carbons (Fsp3) is 0.714. The average molecular weight is 454 g/mol. The molecule has 1 aliphatic heterocycles. The Kier molecular flexibility index (Phi) is 9.22. The smallest absolute Gasteiger partial charge is 0.223 e. The monoisotopic (exact) mass is 453 g/mol. The lowest BCUT2D eigenvalue weighted by Crippen LogP contribution is -2.48. The predicted molar refractivity (Wildman–Crippen MR) is 133 cm³/mol. The number of likely N-dealkylation sites (tertiary alicyclic amines) is 1. The summed E-state index contributed by atoms with van der Waals surface area (Å²) in [7, 11) is 0. The van der Waals surface area contributed by atoms with Gasteiger partial charge in [0.15, 0.2) is 0 Å². The van der Waals surface area contributed by atoms with Gasteiger partial charge in [0.2, 0.25) is 11.8 Å². The summed E-state index contributed by atoms with van der Waals surface area (Å²) in [6.45, 7) is 2.83. The molecule has 182 valence electrons. The number of amides is 2. The van der Waals surface area contributed by atoms with E-state index in [9.17, 15) is 9.59 Å². The molecular weight excluding hydrogens is 410 g/mol. The maximum Gasteiger partial charge on any atom is 0.223 e. The number of benzene rings is 1. The van der Waals surface area contributed by atoms with Gasteiger partial charge in [-0.3, -0.25) is 14.5 Å². The summed E-state index contributed by atoms with van der Waals surface area (Å²) in [5.41, 5.74) is 1.35. The Morgan fingerprint density at radius 3 is 2.33 bits per heavy atom. The number of carbonyl (C=O) groups excluding carboxylic acids is 2. The van der Waals surface area contributed by atoms with Crippen LogP contribution in [0.4, 0.5) is 0 Å². The lowest BCUT2D eigenvalue weighted by molar-refractivity contribution is -0.126. The van der Waals surface area contributed by atoms with E-state index in [2.05, 4.69) is 45.9 Å². The molecule has 1 atom stereocenters. The van der Waals surface area contributed by atoms with Crippen molar-refractivity contribution in [3.05, 3.63) is 35.9 Å². The molecule has 1 aromatic rings. The summed E-state index contributed by atoms with van der Waals surface area (Å²) < 4.78 is 0. The van der Waals surface area contributed by atoms with Crippen molar-refractivity contribution in [3.63, 3.8) is 0 Å². The normalized spacial score (nSPS) is 27.1. The third kappa shape index (κ3) is 7.56. The summed E-state index contributed by atoms with van der Waals surface area (Å²) in [5.74, 6) is 1.13. The van der Waals surface area contributed by atoms with Gasteiger partial charge in [0.25, 0.3) is 0 Å². The van der Waals surface area contributed by atoms with Crippen LogP contribution < -0.4 is 10.6 Å². The first-order valence-corrected chi connectivity index (χ1v) is 13.5. The second-order valence-corrected chi connectivity index (χ2v) is 10.7. The van der Waals surface area contributed by atoms with Crippen LogP contribution in [-0.4, -0.2) is 41.9 Å². The second-order valence-electron chi connectivity index (χ2n) is 10.7. The van der Waals surface area contributed by atoms with Crippen molar-refractivity contribution in [1.82, 2.24) is 15.5 Å². The van der Waals surface area contributed by atoms with Crippen molar-refractivity contribution >= 4 is 11.8 Å². The Morgan fingerprint density at radius 1 is 0.848 bits per heavy atom. The van der Waals surface area contributed by atoms with Gasteiger partial charge in [-0.1, -0.05) is 56.0 Å². The zero-order chi connectivity index (χ0) is 22.9. The van der Waals surface area contributed by atoms with Crippen LogP contribution in [0.2, 0.25) is 0 Å². The average Bonchev–Trinajstić information content (AvgIpc) is 2.85. The van der Waals surface area contributed by atoms with Gasteiger partial charge in [-0.05, 0) is 69.4 Å². The zero-order valence-electron chi connectivity index (χ0n) is 20.3. The van der Waals surface area contributed by atoms with Gasteiger partial charge < -0.3 is 10.6 Å². The molecule has 1 saturated heterocycles. The summed E-state index contributed by atoms with van der Waals surface area (Å²) >= 11 is 0. The number of rotatable bonds is 8. The standard InChI is InChI=1S/C28H43N3O2/c32-27(19-22-9-3-1-4-10-22)30-25-16-14-24(15-17-25)28(33)29-20-26-13-7-8-18-31(26)21-23-11-5-2-6-12-23/h2,5-6,11-12,22,24-26H,1,3-4,7-10,13-21H2,(H,29,33)(H,30,32). The van der Waals surface area contributed by atoms with Crippen LogP contribution in [0, 0.1) is 11.8 Å². The van der Waals surface area contributed by atoms with Crippen molar-refractivity contribution in [2.24, 2.45) is 11.8 Å². The Hall–Kier alpha value is -1.88. The topological polar surface area (TPSA) is 61.4 Å². The minimum absolute atomic E-state index is 0.0997. The summed E-state index contributed by atoms with van der Waals surface area (Å²) in [5, 5.41) is 6.54. The van der Waals surface area contributed by atoms with Crippen LogP contribution in [0.25, 0.3) is 0 Å². The Bertz CT molecular complexity index is 739. The first-order chi connectivity index (χ1) is 16.2. The summed E-state index contributed by atoms with van der Waals surface area (Å²) in [4.78, 5) is 27.9. The quantitative estimate of drug-likeness (QED) is 0.594. The maximum atomic E-state index is 12.9. The SMILES string of the molecule is O=C(CC1CCCCC1)NC1CCC(C(=O)NCC2CCCCN2Cc2ccccc2)CC1. The van der Waals surface area contributed by atoms with Crippen LogP contribution in [0.15, 0.2) is 30.3 Å². The molecule has 2 N–H and O–H groups in total. The van der Waals surface area contributed by atoms with Gasteiger partial charge in [-0.25, -0.2) is 0 Å². The minimum Gasteiger partial charge on any atom is -0.354 e. The highest BCUT2D eigenvalue weighted by atomic mass is 16.2. The van der Waals surface area contributed by atoms with Gasteiger partial charge in [-0.2, -0.15) is 0 Å². The van der Waals surface area contributed by atoms with E-state index in [1.54, 1.807) is 0 Å². The van der Waals surface area contributed by atoms with Crippen molar-refractivity contribution < 1.29 is 9.59 Å². The highest BCUT2D eigenvalue weighted by Crippen LogP contribution is 2.28. The van der Waals surface area contributed by atoms with Crippen LogP contribution in [-0.2, 0) is 16.1 Å². The Morgan fingerprint density at radius 2 is 1.58 bits per heavy atom. The Balaban J connectivity index is 1.16. The molecule has 3 fully saturated rings. The largest absolute Gasteiger partial charge is 0.354 e. The molecule has 2 aliphatic carbocycles. The molecule has 3 aliphatic rings.